The smallest absolute Gasteiger partial charge is 0.139 e. The van der Waals surface area contributed by atoms with Crippen molar-refractivity contribution in [2.24, 2.45) is 0 Å². The van der Waals surface area contributed by atoms with E-state index < -0.39 is 0 Å². The quantitative estimate of drug-likeness (QED) is 0.794. The molecule has 1 atom stereocenters. The van der Waals surface area contributed by atoms with Crippen LogP contribution in [0.1, 0.15) is 18.9 Å². The molecule has 0 spiro atoms. The Labute approximate surface area is 99.1 Å². The van der Waals surface area contributed by atoms with E-state index in [1.807, 2.05) is 19.1 Å². The zero-order valence-corrected chi connectivity index (χ0v) is 10.2. The van der Waals surface area contributed by atoms with Crippen molar-refractivity contribution < 1.29 is 9.47 Å². The van der Waals surface area contributed by atoms with Crippen molar-refractivity contribution in [1.29, 1.82) is 0 Å². The monoisotopic (exact) mass is 246 g/mol. The molecule has 1 saturated heterocycles. The van der Waals surface area contributed by atoms with Crippen LogP contribution < -0.4 is 4.74 Å². The first-order valence-electron chi connectivity index (χ1n) is 4.75. The summed E-state index contributed by atoms with van der Waals surface area (Å²) in [6.07, 6.45) is 0.968. The van der Waals surface area contributed by atoms with Gasteiger partial charge in [-0.2, -0.15) is 0 Å². The summed E-state index contributed by atoms with van der Waals surface area (Å²) in [6.45, 7) is 2.79. The van der Waals surface area contributed by atoms with Crippen LogP contribution in [0.4, 0.5) is 0 Å². The molecule has 0 N–H and O–H groups in total. The summed E-state index contributed by atoms with van der Waals surface area (Å²) < 4.78 is 10.6. The fraction of sp³-hybridized carbons (Fsp3) is 0.455. The summed E-state index contributed by atoms with van der Waals surface area (Å²) in [5.41, 5.74) is 0.647. The highest BCUT2D eigenvalue weighted by Gasteiger charge is 2.37. The minimum Gasteiger partial charge on any atom is -0.495 e. The van der Waals surface area contributed by atoms with Gasteiger partial charge in [0.05, 0.1) is 24.3 Å². The van der Waals surface area contributed by atoms with Crippen LogP contribution in [0.3, 0.4) is 0 Å². The van der Waals surface area contributed by atoms with Crippen LogP contribution in [0.2, 0.25) is 10.0 Å². The predicted molar refractivity (Wildman–Crippen MR) is 60.9 cm³/mol. The number of hydrogen-bond acceptors (Lipinski definition) is 2. The average molecular weight is 247 g/mol. The van der Waals surface area contributed by atoms with Crippen LogP contribution in [0.5, 0.6) is 5.75 Å². The van der Waals surface area contributed by atoms with Gasteiger partial charge in [0.2, 0.25) is 0 Å². The number of benzene rings is 1. The van der Waals surface area contributed by atoms with Gasteiger partial charge in [0, 0.05) is 12.0 Å². The zero-order chi connectivity index (χ0) is 11.1. The van der Waals surface area contributed by atoms with E-state index in [-0.39, 0.29) is 5.60 Å². The molecule has 0 amide bonds. The SMILES string of the molecule is COc1ccc(C2(C)CCO2)c(Cl)c1Cl. The highest BCUT2D eigenvalue weighted by Crippen LogP contribution is 2.44. The molecule has 1 aromatic rings. The summed E-state index contributed by atoms with van der Waals surface area (Å²) in [5, 5.41) is 0.978. The average Bonchev–Trinajstić information content (AvgIpc) is 2.19. The Kier molecular flexibility index (Phi) is 2.84. The molecule has 0 saturated carbocycles. The van der Waals surface area contributed by atoms with E-state index in [0.29, 0.717) is 15.8 Å². The Balaban J connectivity index is 2.46. The van der Waals surface area contributed by atoms with E-state index in [1.54, 1.807) is 7.11 Å². The third-order valence-electron chi connectivity index (χ3n) is 2.84. The van der Waals surface area contributed by atoms with Crippen molar-refractivity contribution in [3.8, 4) is 5.75 Å². The molecule has 1 fully saturated rings. The lowest BCUT2D eigenvalue weighted by Crippen LogP contribution is -2.37. The second-order valence-corrected chi connectivity index (χ2v) is 4.53. The number of rotatable bonds is 2. The van der Waals surface area contributed by atoms with Gasteiger partial charge >= 0.3 is 0 Å². The topological polar surface area (TPSA) is 18.5 Å². The first-order valence-corrected chi connectivity index (χ1v) is 5.50. The largest absolute Gasteiger partial charge is 0.495 e. The second kappa shape index (κ2) is 3.85. The van der Waals surface area contributed by atoms with Gasteiger partial charge in [0.25, 0.3) is 0 Å². The normalized spacial score (nSPS) is 24.8. The molecule has 1 aliphatic rings. The van der Waals surface area contributed by atoms with Crippen molar-refractivity contribution in [2.45, 2.75) is 18.9 Å². The Bertz CT molecular complexity index is 386. The van der Waals surface area contributed by atoms with Crippen molar-refractivity contribution in [3.63, 3.8) is 0 Å². The van der Waals surface area contributed by atoms with E-state index in [1.165, 1.54) is 0 Å². The summed E-state index contributed by atoms with van der Waals surface area (Å²) in [6, 6.07) is 3.72. The molecule has 15 heavy (non-hydrogen) atoms. The third kappa shape index (κ3) is 1.71. The summed E-state index contributed by atoms with van der Waals surface area (Å²) in [7, 11) is 1.57. The molecule has 2 rings (SSSR count). The number of ether oxygens (including phenoxy) is 2. The van der Waals surface area contributed by atoms with E-state index >= 15 is 0 Å². The van der Waals surface area contributed by atoms with Crippen molar-refractivity contribution >= 4 is 23.2 Å². The van der Waals surface area contributed by atoms with Crippen LogP contribution in [-0.4, -0.2) is 13.7 Å². The van der Waals surface area contributed by atoms with Crippen LogP contribution in [-0.2, 0) is 10.3 Å². The lowest BCUT2D eigenvalue weighted by atomic mass is 9.88. The van der Waals surface area contributed by atoms with Crippen LogP contribution in [0, 0.1) is 0 Å². The van der Waals surface area contributed by atoms with Crippen LogP contribution in [0.15, 0.2) is 12.1 Å². The molecule has 0 aliphatic carbocycles. The molecule has 82 valence electrons. The maximum atomic E-state index is 6.18. The highest BCUT2D eigenvalue weighted by atomic mass is 35.5. The maximum absolute atomic E-state index is 6.18. The predicted octanol–water partition coefficient (Wildman–Crippen LogP) is 3.64. The number of hydrogen-bond donors (Lipinski definition) is 0. The minimum atomic E-state index is -0.285. The molecule has 0 bridgehead atoms. The summed E-state index contributed by atoms with van der Waals surface area (Å²) >= 11 is 12.3. The van der Waals surface area contributed by atoms with Crippen molar-refractivity contribution in [3.05, 3.63) is 27.7 Å². The number of methoxy groups -OCH3 is 1. The van der Waals surface area contributed by atoms with E-state index in [4.69, 9.17) is 32.7 Å². The van der Waals surface area contributed by atoms with Gasteiger partial charge in [-0.25, -0.2) is 0 Å². The van der Waals surface area contributed by atoms with Crippen LogP contribution in [0.25, 0.3) is 0 Å². The Morgan fingerprint density at radius 3 is 2.47 bits per heavy atom. The van der Waals surface area contributed by atoms with E-state index in [2.05, 4.69) is 0 Å². The minimum absolute atomic E-state index is 0.285. The maximum Gasteiger partial charge on any atom is 0.139 e. The van der Waals surface area contributed by atoms with Gasteiger partial charge < -0.3 is 9.47 Å². The van der Waals surface area contributed by atoms with Gasteiger partial charge in [-0.1, -0.05) is 29.3 Å². The fourth-order valence-electron chi connectivity index (χ4n) is 1.72. The third-order valence-corrected chi connectivity index (χ3v) is 3.70. The van der Waals surface area contributed by atoms with Gasteiger partial charge in [-0.15, -0.1) is 0 Å². The van der Waals surface area contributed by atoms with E-state index in [0.717, 1.165) is 18.6 Å². The van der Waals surface area contributed by atoms with Crippen molar-refractivity contribution in [2.75, 3.05) is 13.7 Å². The van der Waals surface area contributed by atoms with Gasteiger partial charge in [-0.3, -0.25) is 0 Å². The Morgan fingerprint density at radius 2 is 2.00 bits per heavy atom. The molecule has 2 nitrogen and oxygen atoms in total. The summed E-state index contributed by atoms with van der Waals surface area (Å²) in [4.78, 5) is 0. The molecule has 1 aliphatic heterocycles. The Morgan fingerprint density at radius 1 is 1.33 bits per heavy atom. The summed E-state index contributed by atoms with van der Waals surface area (Å²) in [5.74, 6) is 0.591. The molecular weight excluding hydrogens is 235 g/mol. The molecule has 1 heterocycles. The molecular formula is C11H12Cl2O2. The fourth-order valence-corrected chi connectivity index (χ4v) is 2.32. The molecule has 1 aromatic carbocycles. The lowest BCUT2D eigenvalue weighted by Gasteiger charge is -2.39. The standard InChI is InChI=1S/C11H12Cl2O2/c1-11(5-6-15-11)7-3-4-8(14-2)10(13)9(7)12/h3-4H,5-6H2,1-2H3. The Hall–Kier alpha value is -0.440. The van der Waals surface area contributed by atoms with Crippen LogP contribution >= 0.6 is 23.2 Å². The molecule has 0 aromatic heterocycles. The first kappa shape index (κ1) is 11.1. The van der Waals surface area contributed by atoms with E-state index in [9.17, 15) is 0 Å². The van der Waals surface area contributed by atoms with Gasteiger partial charge in [0.15, 0.2) is 0 Å². The van der Waals surface area contributed by atoms with Gasteiger partial charge in [-0.05, 0) is 13.0 Å². The second-order valence-electron chi connectivity index (χ2n) is 3.77. The molecule has 4 heteroatoms. The lowest BCUT2D eigenvalue weighted by molar-refractivity contribution is -0.140. The molecule has 1 unspecified atom stereocenters. The van der Waals surface area contributed by atoms with Gasteiger partial charge in [0.1, 0.15) is 10.8 Å². The molecule has 0 radical (unpaired) electrons. The van der Waals surface area contributed by atoms with Crippen molar-refractivity contribution in [1.82, 2.24) is 0 Å². The number of halogens is 2. The zero-order valence-electron chi connectivity index (χ0n) is 8.64. The first-order chi connectivity index (χ1) is 7.08. The highest BCUT2D eigenvalue weighted by molar-refractivity contribution is 6.43.